The Bertz CT molecular complexity index is 656. The summed E-state index contributed by atoms with van der Waals surface area (Å²) >= 11 is 12.1. The van der Waals surface area contributed by atoms with Crippen molar-refractivity contribution in [3.63, 3.8) is 0 Å². The molecule has 6 heteroatoms. The molecule has 0 saturated carbocycles. The van der Waals surface area contributed by atoms with Crippen LogP contribution in [0.1, 0.15) is 11.1 Å². The van der Waals surface area contributed by atoms with E-state index in [-0.39, 0.29) is 5.84 Å². The molecule has 4 nitrogen and oxygen atoms in total. The topological polar surface area (TPSA) is 61.8 Å². The molecule has 2 rings (SSSR count). The minimum atomic E-state index is 0.0313. The van der Waals surface area contributed by atoms with Crippen molar-refractivity contribution in [1.29, 1.82) is 0 Å². The molecule has 0 unspecified atom stereocenters. The van der Waals surface area contributed by atoms with Gasteiger partial charge in [-0.2, -0.15) is 0 Å². The highest BCUT2D eigenvalue weighted by Gasteiger charge is 2.09. The van der Waals surface area contributed by atoms with Crippen LogP contribution >= 0.6 is 23.2 Å². The first kappa shape index (κ1) is 15.5. The molecule has 0 aromatic heterocycles. The Kier molecular flexibility index (Phi) is 4.94. The van der Waals surface area contributed by atoms with E-state index in [1.54, 1.807) is 12.1 Å². The lowest BCUT2D eigenvalue weighted by Gasteiger charge is -2.21. The van der Waals surface area contributed by atoms with Gasteiger partial charge in [-0.15, -0.1) is 0 Å². The van der Waals surface area contributed by atoms with Gasteiger partial charge in [0.25, 0.3) is 0 Å². The third-order valence-electron chi connectivity index (χ3n) is 3.10. The summed E-state index contributed by atoms with van der Waals surface area (Å²) in [6.45, 7) is 0.694. The standard InChI is InChI=1S/C15H15Cl2N3O/c1-20(9-10-2-5-12(16)6-3-10)14-7-4-11(8-13(14)17)15(18)19-21/h2-8,21H,9H2,1H3,(H2,18,19). The van der Waals surface area contributed by atoms with Crippen molar-refractivity contribution in [2.24, 2.45) is 10.9 Å². The van der Waals surface area contributed by atoms with Gasteiger partial charge in [0.1, 0.15) is 0 Å². The van der Waals surface area contributed by atoms with Gasteiger partial charge >= 0.3 is 0 Å². The van der Waals surface area contributed by atoms with Crippen LogP contribution in [0.15, 0.2) is 47.6 Å². The molecule has 2 aromatic rings. The van der Waals surface area contributed by atoms with Crippen molar-refractivity contribution in [3.05, 3.63) is 63.6 Å². The highest BCUT2D eigenvalue weighted by molar-refractivity contribution is 6.33. The fourth-order valence-electron chi connectivity index (χ4n) is 1.98. The monoisotopic (exact) mass is 323 g/mol. The highest BCUT2D eigenvalue weighted by Crippen LogP contribution is 2.27. The van der Waals surface area contributed by atoms with Gasteiger partial charge in [-0.1, -0.05) is 40.5 Å². The molecular weight excluding hydrogens is 309 g/mol. The molecule has 21 heavy (non-hydrogen) atoms. The normalized spacial score (nSPS) is 11.5. The fourth-order valence-corrected chi connectivity index (χ4v) is 2.43. The van der Waals surface area contributed by atoms with Gasteiger partial charge in [0.05, 0.1) is 10.7 Å². The molecule has 0 bridgehead atoms. The predicted molar refractivity (Wildman–Crippen MR) is 87.5 cm³/mol. The summed E-state index contributed by atoms with van der Waals surface area (Å²) in [6, 6.07) is 12.9. The molecule has 0 amide bonds. The number of halogens is 2. The first-order valence-corrected chi connectivity index (χ1v) is 7.00. The van der Waals surface area contributed by atoms with Gasteiger partial charge in [-0.25, -0.2) is 0 Å². The van der Waals surface area contributed by atoms with Gasteiger partial charge in [0.2, 0.25) is 0 Å². The Hall–Kier alpha value is -1.91. The summed E-state index contributed by atoms with van der Waals surface area (Å²) in [5.74, 6) is 0.0313. The van der Waals surface area contributed by atoms with Crippen LogP contribution in [0.2, 0.25) is 10.0 Å². The molecular formula is C15H15Cl2N3O. The first-order chi connectivity index (χ1) is 10.0. The number of nitrogens with zero attached hydrogens (tertiary/aromatic N) is 2. The molecule has 2 aromatic carbocycles. The average molecular weight is 324 g/mol. The maximum Gasteiger partial charge on any atom is 0.170 e. The van der Waals surface area contributed by atoms with E-state index in [0.29, 0.717) is 22.2 Å². The number of amidine groups is 1. The second kappa shape index (κ2) is 6.70. The molecule has 0 fully saturated rings. The molecule has 0 saturated heterocycles. The molecule has 110 valence electrons. The third-order valence-corrected chi connectivity index (χ3v) is 3.65. The quantitative estimate of drug-likeness (QED) is 0.390. The third kappa shape index (κ3) is 3.80. The van der Waals surface area contributed by atoms with E-state index in [0.717, 1.165) is 11.3 Å². The Morgan fingerprint density at radius 3 is 2.43 bits per heavy atom. The van der Waals surface area contributed by atoms with E-state index in [9.17, 15) is 0 Å². The molecule has 0 radical (unpaired) electrons. The zero-order valence-electron chi connectivity index (χ0n) is 11.4. The maximum absolute atomic E-state index is 8.67. The molecule has 0 spiro atoms. The molecule has 0 atom stereocenters. The van der Waals surface area contributed by atoms with E-state index in [2.05, 4.69) is 5.16 Å². The Labute approximate surface area is 133 Å². The Balaban J connectivity index is 2.19. The second-order valence-electron chi connectivity index (χ2n) is 4.63. The summed E-state index contributed by atoms with van der Waals surface area (Å²) in [4.78, 5) is 2.02. The molecule has 0 aliphatic heterocycles. The Morgan fingerprint density at radius 2 is 1.86 bits per heavy atom. The Morgan fingerprint density at radius 1 is 1.19 bits per heavy atom. The number of oxime groups is 1. The predicted octanol–water partition coefficient (Wildman–Crippen LogP) is 3.72. The second-order valence-corrected chi connectivity index (χ2v) is 5.48. The lowest BCUT2D eigenvalue weighted by Crippen LogP contribution is -2.18. The summed E-state index contributed by atoms with van der Waals surface area (Å²) in [5.41, 5.74) is 8.10. The number of hydrogen-bond donors (Lipinski definition) is 2. The van der Waals surface area contributed by atoms with Crippen LogP contribution in [0.4, 0.5) is 5.69 Å². The van der Waals surface area contributed by atoms with E-state index >= 15 is 0 Å². The lowest BCUT2D eigenvalue weighted by atomic mass is 10.1. The summed E-state index contributed by atoms with van der Waals surface area (Å²) in [7, 11) is 1.94. The van der Waals surface area contributed by atoms with Gasteiger partial charge in [-0.3, -0.25) is 0 Å². The smallest absolute Gasteiger partial charge is 0.170 e. The number of hydrogen-bond acceptors (Lipinski definition) is 3. The SMILES string of the molecule is CN(Cc1ccc(Cl)cc1)c1ccc(C(N)=NO)cc1Cl. The number of nitrogens with two attached hydrogens (primary N) is 1. The van der Waals surface area contributed by atoms with E-state index < -0.39 is 0 Å². The van der Waals surface area contributed by atoms with Crippen LogP contribution in [0.5, 0.6) is 0 Å². The summed E-state index contributed by atoms with van der Waals surface area (Å²) < 4.78 is 0. The van der Waals surface area contributed by atoms with Crippen LogP contribution in [-0.2, 0) is 6.54 Å². The molecule has 0 aliphatic rings. The van der Waals surface area contributed by atoms with Gasteiger partial charge in [0.15, 0.2) is 5.84 Å². The summed E-state index contributed by atoms with van der Waals surface area (Å²) in [6.07, 6.45) is 0. The van der Waals surface area contributed by atoms with Crippen LogP contribution in [-0.4, -0.2) is 18.1 Å². The number of rotatable bonds is 4. The minimum absolute atomic E-state index is 0.0313. The molecule has 0 aliphatic carbocycles. The van der Waals surface area contributed by atoms with Crippen molar-refractivity contribution in [2.75, 3.05) is 11.9 Å². The molecule has 0 heterocycles. The number of anilines is 1. The van der Waals surface area contributed by atoms with Crippen molar-refractivity contribution in [2.45, 2.75) is 6.54 Å². The fraction of sp³-hybridized carbons (Fsp3) is 0.133. The highest BCUT2D eigenvalue weighted by atomic mass is 35.5. The zero-order chi connectivity index (χ0) is 15.4. The van der Waals surface area contributed by atoms with Crippen molar-refractivity contribution in [3.8, 4) is 0 Å². The number of benzene rings is 2. The van der Waals surface area contributed by atoms with Crippen LogP contribution < -0.4 is 10.6 Å². The van der Waals surface area contributed by atoms with Crippen molar-refractivity contribution in [1.82, 2.24) is 0 Å². The van der Waals surface area contributed by atoms with Gasteiger partial charge in [0, 0.05) is 24.2 Å². The summed E-state index contributed by atoms with van der Waals surface area (Å²) in [5, 5.41) is 12.9. The van der Waals surface area contributed by atoms with E-state index in [4.69, 9.17) is 34.1 Å². The van der Waals surface area contributed by atoms with Crippen LogP contribution in [0.25, 0.3) is 0 Å². The van der Waals surface area contributed by atoms with Gasteiger partial charge in [-0.05, 0) is 35.9 Å². The lowest BCUT2D eigenvalue weighted by molar-refractivity contribution is 0.318. The molecule has 3 N–H and O–H groups in total. The average Bonchev–Trinajstić information content (AvgIpc) is 2.48. The first-order valence-electron chi connectivity index (χ1n) is 6.24. The maximum atomic E-state index is 8.67. The largest absolute Gasteiger partial charge is 0.409 e. The van der Waals surface area contributed by atoms with E-state index in [1.165, 1.54) is 0 Å². The van der Waals surface area contributed by atoms with Crippen molar-refractivity contribution < 1.29 is 5.21 Å². The van der Waals surface area contributed by atoms with Crippen molar-refractivity contribution >= 4 is 34.7 Å². The minimum Gasteiger partial charge on any atom is -0.409 e. The van der Waals surface area contributed by atoms with Crippen LogP contribution in [0, 0.1) is 0 Å². The van der Waals surface area contributed by atoms with Gasteiger partial charge < -0.3 is 15.8 Å². The van der Waals surface area contributed by atoms with E-state index in [1.807, 2.05) is 42.3 Å². The van der Waals surface area contributed by atoms with Crippen LogP contribution in [0.3, 0.4) is 0 Å². The zero-order valence-corrected chi connectivity index (χ0v) is 12.9.